The fourth-order valence-electron chi connectivity index (χ4n) is 2.45. The monoisotopic (exact) mass is 279 g/mol. The van der Waals surface area contributed by atoms with Crippen molar-refractivity contribution in [2.45, 2.75) is 46.5 Å². The van der Waals surface area contributed by atoms with E-state index >= 15 is 0 Å². The van der Waals surface area contributed by atoms with E-state index in [9.17, 15) is 0 Å². The van der Waals surface area contributed by atoms with Crippen molar-refractivity contribution in [3.8, 4) is 11.5 Å². The first-order chi connectivity index (χ1) is 9.69. The molecule has 20 heavy (non-hydrogen) atoms. The van der Waals surface area contributed by atoms with Gasteiger partial charge in [-0.05, 0) is 56.7 Å². The van der Waals surface area contributed by atoms with Crippen LogP contribution in [-0.4, -0.2) is 19.8 Å². The first-order valence-corrected chi connectivity index (χ1v) is 7.75. The number of hydrogen-bond donors (Lipinski definition) is 1. The second-order valence-electron chi connectivity index (χ2n) is 5.27. The molecule has 0 aromatic heterocycles. The van der Waals surface area contributed by atoms with Crippen molar-refractivity contribution in [1.29, 1.82) is 0 Å². The Morgan fingerprint density at radius 1 is 1.05 bits per heavy atom. The highest BCUT2D eigenvalue weighted by Gasteiger charge is 2.23. The molecule has 0 fully saturated rings. The van der Waals surface area contributed by atoms with Gasteiger partial charge in [-0.2, -0.15) is 0 Å². The van der Waals surface area contributed by atoms with Gasteiger partial charge in [-0.25, -0.2) is 0 Å². The van der Waals surface area contributed by atoms with E-state index in [0.717, 1.165) is 50.3 Å². The van der Waals surface area contributed by atoms with Crippen LogP contribution in [0.3, 0.4) is 0 Å². The molecule has 0 aliphatic carbocycles. The standard InChI is InChI=1S/C17H29NO2/c1-4-17(5-2,14-18)11-8-12-20-16-10-7-9-15(13-16)19-6-3/h7,9-10,13H,4-6,8,11-12,14,18H2,1-3H3. The molecule has 1 aromatic carbocycles. The van der Waals surface area contributed by atoms with E-state index < -0.39 is 0 Å². The number of ether oxygens (including phenoxy) is 2. The first-order valence-electron chi connectivity index (χ1n) is 7.75. The zero-order chi connectivity index (χ0) is 14.8. The van der Waals surface area contributed by atoms with Crippen LogP contribution in [0.5, 0.6) is 11.5 Å². The summed E-state index contributed by atoms with van der Waals surface area (Å²) in [5, 5.41) is 0. The van der Waals surface area contributed by atoms with Gasteiger partial charge in [0.05, 0.1) is 13.2 Å². The van der Waals surface area contributed by atoms with E-state index in [1.807, 2.05) is 31.2 Å². The van der Waals surface area contributed by atoms with Crippen molar-refractivity contribution in [2.75, 3.05) is 19.8 Å². The lowest BCUT2D eigenvalue weighted by Gasteiger charge is -2.30. The Kier molecular flexibility index (Phi) is 7.45. The second kappa shape index (κ2) is 8.85. The second-order valence-corrected chi connectivity index (χ2v) is 5.27. The molecule has 3 nitrogen and oxygen atoms in total. The van der Waals surface area contributed by atoms with E-state index in [1.54, 1.807) is 0 Å². The van der Waals surface area contributed by atoms with Crippen molar-refractivity contribution >= 4 is 0 Å². The van der Waals surface area contributed by atoms with Crippen LogP contribution in [0.2, 0.25) is 0 Å². The molecule has 114 valence electrons. The molecule has 0 aliphatic rings. The Labute approximate surface area is 123 Å². The highest BCUT2D eigenvalue weighted by atomic mass is 16.5. The van der Waals surface area contributed by atoms with Gasteiger partial charge in [0.2, 0.25) is 0 Å². The summed E-state index contributed by atoms with van der Waals surface area (Å²) in [7, 11) is 0. The Bertz CT molecular complexity index is 367. The van der Waals surface area contributed by atoms with Crippen LogP contribution in [0, 0.1) is 5.41 Å². The smallest absolute Gasteiger partial charge is 0.122 e. The minimum Gasteiger partial charge on any atom is -0.494 e. The minimum atomic E-state index is 0.288. The number of benzene rings is 1. The summed E-state index contributed by atoms with van der Waals surface area (Å²) in [5.74, 6) is 1.74. The molecule has 0 atom stereocenters. The van der Waals surface area contributed by atoms with Gasteiger partial charge in [0.1, 0.15) is 11.5 Å². The quantitative estimate of drug-likeness (QED) is 0.658. The SMILES string of the molecule is CCOc1cccc(OCCCC(CC)(CC)CN)c1. The van der Waals surface area contributed by atoms with E-state index in [0.29, 0.717) is 6.61 Å². The van der Waals surface area contributed by atoms with Gasteiger partial charge < -0.3 is 15.2 Å². The van der Waals surface area contributed by atoms with Crippen LogP contribution in [0.15, 0.2) is 24.3 Å². The Morgan fingerprint density at radius 3 is 2.25 bits per heavy atom. The van der Waals surface area contributed by atoms with Gasteiger partial charge in [-0.3, -0.25) is 0 Å². The maximum atomic E-state index is 5.92. The van der Waals surface area contributed by atoms with Gasteiger partial charge in [-0.15, -0.1) is 0 Å². The topological polar surface area (TPSA) is 44.5 Å². The molecule has 1 aromatic rings. The summed E-state index contributed by atoms with van der Waals surface area (Å²) in [4.78, 5) is 0. The molecule has 0 amide bonds. The van der Waals surface area contributed by atoms with Crippen LogP contribution >= 0.6 is 0 Å². The number of nitrogens with two attached hydrogens (primary N) is 1. The lowest BCUT2D eigenvalue weighted by Crippen LogP contribution is -2.29. The maximum absolute atomic E-state index is 5.92. The van der Waals surface area contributed by atoms with E-state index in [2.05, 4.69) is 13.8 Å². The third kappa shape index (κ3) is 5.04. The molecule has 0 bridgehead atoms. The highest BCUT2D eigenvalue weighted by molar-refractivity contribution is 5.32. The van der Waals surface area contributed by atoms with Crippen LogP contribution < -0.4 is 15.2 Å². The lowest BCUT2D eigenvalue weighted by atomic mass is 9.78. The van der Waals surface area contributed by atoms with Crippen LogP contribution in [0.1, 0.15) is 46.5 Å². The Balaban J connectivity index is 2.39. The van der Waals surface area contributed by atoms with Gasteiger partial charge in [0.15, 0.2) is 0 Å². The zero-order valence-corrected chi connectivity index (χ0v) is 13.2. The van der Waals surface area contributed by atoms with Crippen LogP contribution in [0.4, 0.5) is 0 Å². The van der Waals surface area contributed by atoms with E-state index in [-0.39, 0.29) is 5.41 Å². The van der Waals surface area contributed by atoms with E-state index in [1.165, 1.54) is 0 Å². The molecule has 0 aliphatic heterocycles. The van der Waals surface area contributed by atoms with Gasteiger partial charge in [0.25, 0.3) is 0 Å². The fraction of sp³-hybridized carbons (Fsp3) is 0.647. The van der Waals surface area contributed by atoms with Crippen LogP contribution in [-0.2, 0) is 0 Å². The Hall–Kier alpha value is -1.22. The molecule has 1 rings (SSSR count). The number of rotatable bonds is 10. The van der Waals surface area contributed by atoms with Crippen molar-refractivity contribution in [3.63, 3.8) is 0 Å². The third-order valence-corrected chi connectivity index (χ3v) is 4.17. The average Bonchev–Trinajstić information content (AvgIpc) is 2.49. The lowest BCUT2D eigenvalue weighted by molar-refractivity contribution is 0.213. The normalized spacial score (nSPS) is 11.4. The predicted molar refractivity (Wildman–Crippen MR) is 84.4 cm³/mol. The molecule has 2 N–H and O–H groups in total. The molecule has 0 heterocycles. The highest BCUT2D eigenvalue weighted by Crippen LogP contribution is 2.30. The Morgan fingerprint density at radius 2 is 1.70 bits per heavy atom. The summed E-state index contributed by atoms with van der Waals surface area (Å²) in [6, 6.07) is 7.82. The minimum absolute atomic E-state index is 0.288. The average molecular weight is 279 g/mol. The number of hydrogen-bond acceptors (Lipinski definition) is 3. The third-order valence-electron chi connectivity index (χ3n) is 4.17. The predicted octanol–water partition coefficient (Wildman–Crippen LogP) is 4.01. The van der Waals surface area contributed by atoms with Gasteiger partial charge in [-0.1, -0.05) is 19.9 Å². The van der Waals surface area contributed by atoms with Crippen molar-refractivity contribution in [3.05, 3.63) is 24.3 Å². The maximum Gasteiger partial charge on any atom is 0.122 e. The molecule has 0 unspecified atom stereocenters. The zero-order valence-electron chi connectivity index (χ0n) is 13.2. The molecular weight excluding hydrogens is 250 g/mol. The molecular formula is C17H29NO2. The largest absolute Gasteiger partial charge is 0.494 e. The fourth-order valence-corrected chi connectivity index (χ4v) is 2.45. The summed E-state index contributed by atoms with van der Waals surface area (Å²) in [6.07, 6.45) is 4.44. The molecule has 0 saturated carbocycles. The summed E-state index contributed by atoms with van der Waals surface area (Å²) >= 11 is 0. The molecule has 3 heteroatoms. The van der Waals surface area contributed by atoms with Gasteiger partial charge >= 0.3 is 0 Å². The van der Waals surface area contributed by atoms with Crippen molar-refractivity contribution < 1.29 is 9.47 Å². The van der Waals surface area contributed by atoms with Crippen molar-refractivity contribution in [1.82, 2.24) is 0 Å². The molecule has 0 spiro atoms. The van der Waals surface area contributed by atoms with Crippen molar-refractivity contribution in [2.24, 2.45) is 11.1 Å². The van der Waals surface area contributed by atoms with Crippen LogP contribution in [0.25, 0.3) is 0 Å². The molecule has 0 radical (unpaired) electrons. The van der Waals surface area contributed by atoms with E-state index in [4.69, 9.17) is 15.2 Å². The summed E-state index contributed by atoms with van der Waals surface area (Å²) in [5.41, 5.74) is 6.21. The van der Waals surface area contributed by atoms with Gasteiger partial charge in [0, 0.05) is 6.07 Å². The molecule has 0 saturated heterocycles. The first kappa shape index (κ1) is 16.8. The summed E-state index contributed by atoms with van der Waals surface area (Å²) < 4.78 is 11.3. The summed E-state index contributed by atoms with van der Waals surface area (Å²) in [6.45, 7) is 8.60.